The summed E-state index contributed by atoms with van der Waals surface area (Å²) >= 11 is 3.37. The fraction of sp³-hybridized carbons (Fsp3) is 0.238. The lowest BCUT2D eigenvalue weighted by molar-refractivity contribution is -0.135. The second kappa shape index (κ2) is 7.66. The van der Waals surface area contributed by atoms with Crippen LogP contribution in [0.4, 0.5) is 5.69 Å². The van der Waals surface area contributed by atoms with Crippen molar-refractivity contribution in [3.05, 3.63) is 70.7 Å². The number of amides is 1. The maximum absolute atomic E-state index is 12.9. The monoisotopic (exact) mass is 429 g/mol. The standard InChI is InChI=1S/C21H20BrNO4/c1-3-11-23-18-10-7-15(22)12-17(18)21(26,20(23)25)13-19(24)14-5-8-16(9-6-14)27-4-2/h3,5-10,12,26H,1,4,11,13H2,2H3. The second-order valence-corrected chi connectivity index (χ2v) is 7.20. The number of ketones is 1. The van der Waals surface area contributed by atoms with Crippen LogP contribution in [0.2, 0.25) is 0 Å². The molecule has 1 aliphatic rings. The lowest BCUT2D eigenvalue weighted by Crippen LogP contribution is -2.41. The number of hydrogen-bond donors (Lipinski definition) is 1. The molecular formula is C21H20BrNO4. The molecule has 1 amide bonds. The molecule has 2 aromatic carbocycles. The molecule has 0 saturated carbocycles. The zero-order valence-corrected chi connectivity index (χ0v) is 16.5. The third-order valence-corrected chi connectivity index (χ3v) is 5.00. The minimum Gasteiger partial charge on any atom is -0.494 e. The SMILES string of the molecule is C=CCN1C(=O)C(O)(CC(=O)c2ccc(OCC)cc2)c2cc(Br)ccc21. The predicted molar refractivity (Wildman–Crippen MR) is 107 cm³/mol. The maximum Gasteiger partial charge on any atom is 0.264 e. The summed E-state index contributed by atoms with van der Waals surface area (Å²) < 4.78 is 6.10. The molecule has 27 heavy (non-hydrogen) atoms. The van der Waals surface area contributed by atoms with Crippen LogP contribution >= 0.6 is 15.9 Å². The van der Waals surface area contributed by atoms with Gasteiger partial charge in [-0.05, 0) is 49.4 Å². The van der Waals surface area contributed by atoms with Crippen molar-refractivity contribution in [2.45, 2.75) is 18.9 Å². The van der Waals surface area contributed by atoms with Crippen LogP contribution < -0.4 is 9.64 Å². The number of nitrogens with zero attached hydrogens (tertiary/aromatic N) is 1. The first kappa shape index (κ1) is 19.3. The Morgan fingerprint density at radius 1 is 1.30 bits per heavy atom. The zero-order chi connectivity index (χ0) is 19.6. The summed E-state index contributed by atoms with van der Waals surface area (Å²) in [5, 5.41) is 11.2. The quantitative estimate of drug-likeness (QED) is 0.536. The van der Waals surface area contributed by atoms with Gasteiger partial charge in [0.15, 0.2) is 11.4 Å². The zero-order valence-electron chi connectivity index (χ0n) is 14.9. The van der Waals surface area contributed by atoms with Crippen molar-refractivity contribution in [3.8, 4) is 5.75 Å². The molecule has 1 heterocycles. The topological polar surface area (TPSA) is 66.8 Å². The molecule has 3 rings (SSSR count). The highest BCUT2D eigenvalue weighted by atomic mass is 79.9. The van der Waals surface area contributed by atoms with Gasteiger partial charge in [0.1, 0.15) is 5.75 Å². The number of fused-ring (bicyclic) bond motifs is 1. The van der Waals surface area contributed by atoms with Gasteiger partial charge >= 0.3 is 0 Å². The van der Waals surface area contributed by atoms with Crippen LogP contribution in [0.25, 0.3) is 0 Å². The molecule has 0 aliphatic carbocycles. The van der Waals surface area contributed by atoms with E-state index in [2.05, 4.69) is 22.5 Å². The fourth-order valence-electron chi connectivity index (χ4n) is 3.24. The summed E-state index contributed by atoms with van der Waals surface area (Å²) in [5.74, 6) is -0.175. The first-order valence-electron chi connectivity index (χ1n) is 8.62. The third kappa shape index (κ3) is 3.55. The normalized spacial score (nSPS) is 18.3. The van der Waals surface area contributed by atoms with E-state index < -0.39 is 11.5 Å². The van der Waals surface area contributed by atoms with Crippen molar-refractivity contribution in [3.63, 3.8) is 0 Å². The van der Waals surface area contributed by atoms with Crippen LogP contribution in [-0.4, -0.2) is 29.9 Å². The Morgan fingerprint density at radius 3 is 2.63 bits per heavy atom. The third-order valence-electron chi connectivity index (χ3n) is 4.51. The molecule has 140 valence electrons. The summed E-state index contributed by atoms with van der Waals surface area (Å²) in [7, 11) is 0. The number of benzene rings is 2. The predicted octanol–water partition coefficient (Wildman–Crippen LogP) is 3.84. The molecule has 1 aliphatic heterocycles. The van der Waals surface area contributed by atoms with Crippen molar-refractivity contribution in [1.29, 1.82) is 0 Å². The van der Waals surface area contributed by atoms with Gasteiger partial charge in [0.05, 0.1) is 18.7 Å². The number of anilines is 1. The van der Waals surface area contributed by atoms with Gasteiger partial charge in [-0.3, -0.25) is 9.59 Å². The average molecular weight is 430 g/mol. The van der Waals surface area contributed by atoms with Crippen molar-refractivity contribution >= 4 is 33.3 Å². The number of carbonyl (C=O) groups is 2. The molecule has 1 unspecified atom stereocenters. The van der Waals surface area contributed by atoms with E-state index in [-0.39, 0.29) is 18.7 Å². The first-order valence-corrected chi connectivity index (χ1v) is 9.41. The molecule has 0 saturated heterocycles. The van der Waals surface area contributed by atoms with Gasteiger partial charge in [0.25, 0.3) is 5.91 Å². The molecule has 0 fully saturated rings. The molecule has 0 radical (unpaired) electrons. The number of rotatable bonds is 7. The van der Waals surface area contributed by atoms with Crippen LogP contribution in [0.5, 0.6) is 5.75 Å². The van der Waals surface area contributed by atoms with Gasteiger partial charge in [0, 0.05) is 22.1 Å². The molecular weight excluding hydrogens is 410 g/mol. The second-order valence-electron chi connectivity index (χ2n) is 6.28. The highest BCUT2D eigenvalue weighted by Crippen LogP contribution is 2.44. The Hall–Kier alpha value is -2.44. The molecule has 1 atom stereocenters. The van der Waals surface area contributed by atoms with Crippen LogP contribution in [0.15, 0.2) is 59.6 Å². The van der Waals surface area contributed by atoms with Crippen molar-refractivity contribution in [1.82, 2.24) is 0 Å². The highest BCUT2D eigenvalue weighted by molar-refractivity contribution is 9.10. The van der Waals surface area contributed by atoms with Gasteiger partial charge in [0.2, 0.25) is 0 Å². The number of aliphatic hydroxyl groups is 1. The Bertz CT molecular complexity index is 894. The van der Waals surface area contributed by atoms with Gasteiger partial charge < -0.3 is 14.7 Å². The number of halogens is 1. The van der Waals surface area contributed by atoms with E-state index in [1.54, 1.807) is 48.5 Å². The minimum absolute atomic E-state index is 0.257. The fourth-order valence-corrected chi connectivity index (χ4v) is 3.60. The molecule has 6 heteroatoms. The minimum atomic E-state index is -1.90. The average Bonchev–Trinajstić information content (AvgIpc) is 2.84. The Labute approximate surface area is 166 Å². The molecule has 1 N–H and O–H groups in total. The number of hydrogen-bond acceptors (Lipinski definition) is 4. The van der Waals surface area contributed by atoms with E-state index in [0.29, 0.717) is 29.2 Å². The van der Waals surface area contributed by atoms with Crippen molar-refractivity contribution in [2.75, 3.05) is 18.1 Å². The van der Waals surface area contributed by atoms with Gasteiger partial charge in [-0.1, -0.05) is 22.0 Å². The molecule has 0 spiro atoms. The maximum atomic E-state index is 12.9. The summed E-state index contributed by atoms with van der Waals surface area (Å²) in [6, 6.07) is 11.9. The lowest BCUT2D eigenvalue weighted by atomic mass is 9.88. The molecule has 5 nitrogen and oxygen atoms in total. The van der Waals surface area contributed by atoms with Crippen LogP contribution in [-0.2, 0) is 10.4 Å². The lowest BCUT2D eigenvalue weighted by Gasteiger charge is -2.22. The Kier molecular flexibility index (Phi) is 5.48. The summed E-state index contributed by atoms with van der Waals surface area (Å²) in [5.41, 5.74) is -0.482. The molecule has 0 bridgehead atoms. The van der Waals surface area contributed by atoms with Gasteiger partial charge in [-0.15, -0.1) is 6.58 Å². The number of ether oxygens (including phenoxy) is 1. The van der Waals surface area contributed by atoms with Crippen LogP contribution in [0, 0.1) is 0 Å². The van der Waals surface area contributed by atoms with E-state index in [1.165, 1.54) is 4.90 Å². The van der Waals surface area contributed by atoms with E-state index in [1.807, 2.05) is 6.92 Å². The van der Waals surface area contributed by atoms with E-state index in [0.717, 1.165) is 4.47 Å². The number of Topliss-reactive ketones (excluding diaryl/α,β-unsaturated/α-hetero) is 1. The molecule has 0 aromatic heterocycles. The van der Waals surface area contributed by atoms with Gasteiger partial charge in [-0.25, -0.2) is 0 Å². The number of carbonyl (C=O) groups excluding carboxylic acids is 2. The summed E-state index contributed by atoms with van der Waals surface area (Å²) in [4.78, 5) is 27.2. The van der Waals surface area contributed by atoms with Crippen molar-refractivity contribution < 1.29 is 19.4 Å². The van der Waals surface area contributed by atoms with Crippen LogP contribution in [0.3, 0.4) is 0 Å². The summed E-state index contributed by atoms with van der Waals surface area (Å²) in [6.07, 6.45) is 1.25. The Balaban J connectivity index is 1.93. The molecule has 2 aromatic rings. The van der Waals surface area contributed by atoms with E-state index in [9.17, 15) is 14.7 Å². The summed E-state index contributed by atoms with van der Waals surface area (Å²) in [6.45, 7) is 6.34. The smallest absolute Gasteiger partial charge is 0.264 e. The van der Waals surface area contributed by atoms with Crippen LogP contribution in [0.1, 0.15) is 29.3 Å². The highest BCUT2D eigenvalue weighted by Gasteiger charge is 2.50. The van der Waals surface area contributed by atoms with Gasteiger partial charge in [-0.2, -0.15) is 0 Å². The van der Waals surface area contributed by atoms with E-state index >= 15 is 0 Å². The first-order chi connectivity index (χ1) is 12.9. The largest absolute Gasteiger partial charge is 0.494 e. The van der Waals surface area contributed by atoms with Crippen molar-refractivity contribution in [2.24, 2.45) is 0 Å². The van der Waals surface area contributed by atoms with E-state index in [4.69, 9.17) is 4.74 Å². The Morgan fingerprint density at radius 2 is 2.00 bits per heavy atom.